The fourth-order valence-electron chi connectivity index (χ4n) is 3.96. The number of carbonyl (C=O) groups is 1. The number of sulfonamides is 1. The summed E-state index contributed by atoms with van der Waals surface area (Å²) in [6, 6.07) is 3.48. The molecule has 2 aliphatic rings. The average molecular weight is 442 g/mol. The van der Waals surface area contributed by atoms with Gasteiger partial charge in [0, 0.05) is 32.2 Å². The Bertz CT molecular complexity index is 889. The summed E-state index contributed by atoms with van der Waals surface area (Å²) in [5, 5.41) is 11.5. The van der Waals surface area contributed by atoms with Crippen molar-refractivity contribution in [2.45, 2.75) is 25.2 Å². The van der Waals surface area contributed by atoms with E-state index in [9.17, 15) is 23.3 Å². The second-order valence-electron chi connectivity index (χ2n) is 7.94. The third-order valence-electron chi connectivity index (χ3n) is 5.31. The lowest BCUT2D eigenvalue weighted by atomic mass is 9.92. The molecule has 2 heterocycles. The van der Waals surface area contributed by atoms with Crippen LogP contribution in [0.4, 0.5) is 5.69 Å². The number of hydrogen-bond donors (Lipinski definition) is 0. The van der Waals surface area contributed by atoms with E-state index in [-0.39, 0.29) is 49.5 Å². The van der Waals surface area contributed by atoms with Gasteiger partial charge in [-0.2, -0.15) is 4.31 Å². The molecule has 2 saturated heterocycles. The number of nitro groups is 1. The van der Waals surface area contributed by atoms with E-state index in [0.717, 1.165) is 12.5 Å². The summed E-state index contributed by atoms with van der Waals surface area (Å²) in [6.07, 6.45) is 1.05. The summed E-state index contributed by atoms with van der Waals surface area (Å²) >= 11 is 0. The molecular weight excluding hydrogens is 414 g/mol. The molecule has 0 aromatic heterocycles. The van der Waals surface area contributed by atoms with Gasteiger partial charge < -0.3 is 14.4 Å². The lowest BCUT2D eigenvalue weighted by Crippen LogP contribution is -2.44. The minimum Gasteiger partial charge on any atom is -0.477 e. The summed E-state index contributed by atoms with van der Waals surface area (Å²) in [6.45, 7) is 6.01. The van der Waals surface area contributed by atoms with Crippen LogP contribution in [0.1, 0.15) is 20.3 Å². The summed E-state index contributed by atoms with van der Waals surface area (Å²) in [7, 11) is -3.88. The summed E-state index contributed by atoms with van der Waals surface area (Å²) in [4.78, 5) is 24.8. The van der Waals surface area contributed by atoms with Gasteiger partial charge in [0.2, 0.25) is 10.0 Å². The van der Waals surface area contributed by atoms with Gasteiger partial charge >= 0.3 is 5.69 Å². The Kier molecular flexibility index (Phi) is 6.94. The number of rotatable bonds is 6. The molecule has 0 spiro atoms. The van der Waals surface area contributed by atoms with Gasteiger partial charge in [-0.25, -0.2) is 8.42 Å². The Hall–Kier alpha value is -2.24. The first kappa shape index (κ1) is 22.4. The maximum Gasteiger partial charge on any atom is 0.312 e. The standard InChI is InChI=1S/C19H27N3O7S/c1-14-9-15(2)12-20(11-14)19(23)13-29-18-4-3-16(10-17(18)22(24)25)30(26,27)21-5-7-28-8-6-21/h3-4,10,14-15H,5-9,11-13H2,1-2H3/t14-,15-/m0/s1. The van der Waals surface area contributed by atoms with Gasteiger partial charge in [0.25, 0.3) is 5.91 Å². The molecule has 10 nitrogen and oxygen atoms in total. The Labute approximate surface area is 175 Å². The smallest absolute Gasteiger partial charge is 0.312 e. The number of amides is 1. The van der Waals surface area contributed by atoms with E-state index in [2.05, 4.69) is 13.8 Å². The van der Waals surface area contributed by atoms with E-state index in [1.165, 1.54) is 16.4 Å². The van der Waals surface area contributed by atoms with Crippen molar-refractivity contribution in [2.24, 2.45) is 11.8 Å². The Morgan fingerprint density at radius 3 is 2.47 bits per heavy atom. The van der Waals surface area contributed by atoms with Crippen molar-refractivity contribution in [3.63, 3.8) is 0 Å². The zero-order valence-electron chi connectivity index (χ0n) is 17.2. The van der Waals surface area contributed by atoms with Crippen LogP contribution in [0.15, 0.2) is 23.1 Å². The number of carbonyl (C=O) groups excluding carboxylic acids is 1. The maximum absolute atomic E-state index is 12.8. The van der Waals surface area contributed by atoms with Crippen LogP contribution in [-0.4, -0.2) is 74.5 Å². The van der Waals surface area contributed by atoms with Crippen molar-refractivity contribution in [2.75, 3.05) is 46.0 Å². The number of hydrogen-bond acceptors (Lipinski definition) is 7. The number of benzene rings is 1. The van der Waals surface area contributed by atoms with Crippen LogP contribution >= 0.6 is 0 Å². The molecular formula is C19H27N3O7S. The van der Waals surface area contributed by atoms with Crippen LogP contribution in [0.2, 0.25) is 0 Å². The number of nitrogens with zero attached hydrogens (tertiary/aromatic N) is 3. The highest BCUT2D eigenvalue weighted by atomic mass is 32.2. The molecule has 0 bridgehead atoms. The monoisotopic (exact) mass is 441 g/mol. The van der Waals surface area contributed by atoms with Gasteiger partial charge in [0.05, 0.1) is 23.0 Å². The zero-order chi connectivity index (χ0) is 21.9. The van der Waals surface area contributed by atoms with Crippen LogP contribution in [-0.2, 0) is 19.6 Å². The predicted molar refractivity (Wildman–Crippen MR) is 108 cm³/mol. The summed E-state index contributed by atoms with van der Waals surface area (Å²) < 4.78 is 37.3. The number of piperidine rings is 1. The van der Waals surface area contributed by atoms with Crippen molar-refractivity contribution in [1.82, 2.24) is 9.21 Å². The molecule has 0 unspecified atom stereocenters. The number of likely N-dealkylation sites (tertiary alicyclic amines) is 1. The van der Waals surface area contributed by atoms with E-state index >= 15 is 0 Å². The molecule has 30 heavy (non-hydrogen) atoms. The molecule has 11 heteroatoms. The molecule has 1 amide bonds. The van der Waals surface area contributed by atoms with E-state index in [0.29, 0.717) is 24.9 Å². The highest BCUT2D eigenvalue weighted by Gasteiger charge is 2.30. The van der Waals surface area contributed by atoms with Crippen LogP contribution in [0.3, 0.4) is 0 Å². The van der Waals surface area contributed by atoms with Gasteiger partial charge in [-0.05, 0) is 30.4 Å². The van der Waals surface area contributed by atoms with Gasteiger partial charge in [0.1, 0.15) is 0 Å². The normalized spacial score (nSPS) is 23.2. The first-order valence-corrected chi connectivity index (χ1v) is 11.4. The number of nitro benzene ring substituents is 1. The SMILES string of the molecule is C[C@H]1C[C@H](C)CN(C(=O)COc2ccc(S(=O)(=O)N3CCOCC3)cc2[N+](=O)[O-])C1. The molecule has 166 valence electrons. The summed E-state index contributed by atoms with van der Waals surface area (Å²) in [5.41, 5.74) is -0.488. The molecule has 1 aromatic rings. The molecule has 0 N–H and O–H groups in total. The summed E-state index contributed by atoms with van der Waals surface area (Å²) in [5.74, 6) is 0.397. The Balaban J connectivity index is 1.74. The molecule has 3 rings (SSSR count). The lowest BCUT2D eigenvalue weighted by Gasteiger charge is -2.34. The molecule has 0 radical (unpaired) electrons. The van der Waals surface area contributed by atoms with E-state index in [4.69, 9.17) is 9.47 Å². The highest BCUT2D eigenvalue weighted by Crippen LogP contribution is 2.31. The molecule has 2 fully saturated rings. The van der Waals surface area contributed by atoms with E-state index < -0.39 is 20.6 Å². The zero-order valence-corrected chi connectivity index (χ0v) is 18.0. The quantitative estimate of drug-likeness (QED) is 0.485. The molecule has 0 saturated carbocycles. The van der Waals surface area contributed by atoms with Crippen LogP contribution < -0.4 is 4.74 Å². The number of ether oxygens (including phenoxy) is 2. The van der Waals surface area contributed by atoms with Crippen LogP contribution in [0.25, 0.3) is 0 Å². The van der Waals surface area contributed by atoms with Crippen LogP contribution in [0, 0.1) is 22.0 Å². The van der Waals surface area contributed by atoms with Gasteiger partial charge in [-0.3, -0.25) is 14.9 Å². The molecule has 2 aliphatic heterocycles. The van der Waals surface area contributed by atoms with E-state index in [1.807, 2.05) is 0 Å². The van der Waals surface area contributed by atoms with Crippen molar-refractivity contribution in [3.8, 4) is 5.75 Å². The fourth-order valence-corrected chi connectivity index (χ4v) is 5.38. The molecule has 2 atom stereocenters. The van der Waals surface area contributed by atoms with Gasteiger partial charge in [-0.1, -0.05) is 13.8 Å². The Morgan fingerprint density at radius 1 is 1.23 bits per heavy atom. The predicted octanol–water partition coefficient (Wildman–Crippen LogP) is 1.50. The first-order chi connectivity index (χ1) is 14.2. The largest absolute Gasteiger partial charge is 0.477 e. The minimum absolute atomic E-state index is 0.132. The van der Waals surface area contributed by atoms with Crippen molar-refractivity contribution < 1.29 is 27.6 Å². The second-order valence-corrected chi connectivity index (χ2v) is 9.87. The van der Waals surface area contributed by atoms with E-state index in [1.54, 1.807) is 4.90 Å². The van der Waals surface area contributed by atoms with Gasteiger partial charge in [-0.15, -0.1) is 0 Å². The average Bonchev–Trinajstić information content (AvgIpc) is 2.71. The molecule has 1 aromatic carbocycles. The first-order valence-electron chi connectivity index (χ1n) is 9.95. The maximum atomic E-state index is 12.8. The van der Waals surface area contributed by atoms with Crippen molar-refractivity contribution in [3.05, 3.63) is 28.3 Å². The van der Waals surface area contributed by atoms with Crippen molar-refractivity contribution >= 4 is 21.6 Å². The van der Waals surface area contributed by atoms with Crippen molar-refractivity contribution in [1.29, 1.82) is 0 Å². The third-order valence-corrected chi connectivity index (χ3v) is 7.20. The third kappa shape index (κ3) is 5.08. The van der Waals surface area contributed by atoms with Gasteiger partial charge in [0.15, 0.2) is 12.4 Å². The minimum atomic E-state index is -3.88. The molecule has 0 aliphatic carbocycles. The Morgan fingerprint density at radius 2 is 1.87 bits per heavy atom. The lowest BCUT2D eigenvalue weighted by molar-refractivity contribution is -0.386. The topological polar surface area (TPSA) is 119 Å². The fraction of sp³-hybridized carbons (Fsp3) is 0.632. The highest BCUT2D eigenvalue weighted by molar-refractivity contribution is 7.89. The number of morpholine rings is 1. The van der Waals surface area contributed by atoms with Crippen LogP contribution in [0.5, 0.6) is 5.75 Å². The second kappa shape index (κ2) is 9.27.